The molecule has 0 N–H and O–H groups in total. The van der Waals surface area contributed by atoms with Gasteiger partial charge in [-0.15, -0.1) is 0 Å². The Morgan fingerprint density at radius 2 is 2.06 bits per heavy atom. The first-order valence-corrected chi connectivity index (χ1v) is 8.03. The molecular formula is C13H22ClN3S. The Balaban J connectivity index is 3.00. The molecule has 0 fully saturated rings. The molecule has 1 unspecified atom stereocenters. The minimum atomic E-state index is 0.288. The zero-order valence-corrected chi connectivity index (χ0v) is 13.3. The molecule has 0 aliphatic heterocycles. The summed E-state index contributed by atoms with van der Waals surface area (Å²) in [5.74, 6) is 3.10. The molecule has 1 heterocycles. The normalized spacial score (nSPS) is 12.8. The van der Waals surface area contributed by atoms with Crippen LogP contribution in [0.15, 0.2) is 6.07 Å². The number of hydrogen-bond donors (Lipinski definition) is 0. The summed E-state index contributed by atoms with van der Waals surface area (Å²) < 4.78 is 0. The lowest BCUT2D eigenvalue weighted by atomic mass is 10.2. The van der Waals surface area contributed by atoms with Gasteiger partial charge >= 0.3 is 0 Å². The first kappa shape index (κ1) is 15.6. The van der Waals surface area contributed by atoms with E-state index in [1.54, 1.807) is 0 Å². The number of thioether (sulfide) groups is 1. The zero-order chi connectivity index (χ0) is 13.7. The average Bonchev–Trinajstić information content (AvgIpc) is 2.34. The summed E-state index contributed by atoms with van der Waals surface area (Å²) in [5.41, 5.74) is 0. The fourth-order valence-electron chi connectivity index (χ4n) is 1.74. The van der Waals surface area contributed by atoms with Crippen LogP contribution in [0.2, 0.25) is 5.15 Å². The van der Waals surface area contributed by atoms with Gasteiger partial charge in [-0.2, -0.15) is 11.8 Å². The molecule has 18 heavy (non-hydrogen) atoms. The Hall–Kier alpha value is -0.480. The largest absolute Gasteiger partial charge is 0.356 e. The third kappa shape index (κ3) is 4.02. The fourth-order valence-corrected chi connectivity index (χ4v) is 2.77. The molecule has 0 aliphatic carbocycles. The van der Waals surface area contributed by atoms with Crippen molar-refractivity contribution < 1.29 is 0 Å². The highest BCUT2D eigenvalue weighted by molar-refractivity contribution is 7.98. The molecule has 0 aliphatic rings. The van der Waals surface area contributed by atoms with Crippen LogP contribution in [0.25, 0.3) is 0 Å². The van der Waals surface area contributed by atoms with Crippen molar-refractivity contribution in [3.8, 4) is 0 Å². The highest BCUT2D eigenvalue weighted by Crippen LogP contribution is 2.22. The van der Waals surface area contributed by atoms with Gasteiger partial charge in [0.05, 0.1) is 0 Å². The summed E-state index contributed by atoms with van der Waals surface area (Å²) in [5, 5.41) is 0.523. The molecule has 0 saturated carbocycles. The van der Waals surface area contributed by atoms with Crippen molar-refractivity contribution >= 4 is 29.2 Å². The van der Waals surface area contributed by atoms with Crippen LogP contribution in [0, 0.1) is 0 Å². The summed E-state index contributed by atoms with van der Waals surface area (Å²) in [7, 11) is 2.08. The van der Waals surface area contributed by atoms with E-state index in [-0.39, 0.29) is 5.92 Å². The van der Waals surface area contributed by atoms with Gasteiger partial charge in [-0.3, -0.25) is 0 Å². The molecule has 3 nitrogen and oxygen atoms in total. The number of halogens is 1. The van der Waals surface area contributed by atoms with Gasteiger partial charge in [0.15, 0.2) is 0 Å². The second-order valence-corrected chi connectivity index (χ2v) is 5.99. The molecule has 102 valence electrons. The molecule has 1 atom stereocenters. The van der Waals surface area contributed by atoms with Crippen LogP contribution in [0.3, 0.4) is 0 Å². The lowest BCUT2D eigenvalue weighted by Gasteiger charge is -2.28. The molecular weight excluding hydrogens is 266 g/mol. The van der Waals surface area contributed by atoms with Gasteiger partial charge < -0.3 is 4.90 Å². The summed E-state index contributed by atoms with van der Waals surface area (Å²) >= 11 is 7.93. The number of hydrogen-bond acceptors (Lipinski definition) is 4. The minimum absolute atomic E-state index is 0.288. The molecule has 0 aromatic carbocycles. The van der Waals surface area contributed by atoms with Gasteiger partial charge in [0.25, 0.3) is 0 Å². The molecule has 0 saturated heterocycles. The van der Waals surface area contributed by atoms with Gasteiger partial charge in [0, 0.05) is 30.8 Å². The fraction of sp³-hybridized carbons (Fsp3) is 0.692. The van der Waals surface area contributed by atoms with Gasteiger partial charge in [-0.1, -0.05) is 32.4 Å². The van der Waals surface area contributed by atoms with Crippen molar-refractivity contribution in [2.45, 2.75) is 39.2 Å². The van der Waals surface area contributed by atoms with E-state index in [0.717, 1.165) is 23.8 Å². The highest BCUT2D eigenvalue weighted by atomic mass is 35.5. The average molecular weight is 288 g/mol. The zero-order valence-electron chi connectivity index (χ0n) is 11.8. The number of rotatable bonds is 6. The number of anilines is 1. The van der Waals surface area contributed by atoms with Crippen LogP contribution >= 0.6 is 23.4 Å². The van der Waals surface area contributed by atoms with Crippen molar-refractivity contribution in [2.24, 2.45) is 0 Å². The SMILES string of the molecule is CCC(CSC)N(C)c1cc(Cl)nc(C(C)C)n1. The predicted molar refractivity (Wildman–Crippen MR) is 82.0 cm³/mol. The standard InChI is InChI=1S/C13H22ClN3S/c1-6-10(8-18-5)17(4)12-7-11(14)15-13(16-12)9(2)3/h7,9-10H,6,8H2,1-5H3. The summed E-state index contributed by atoms with van der Waals surface area (Å²) in [6.45, 7) is 6.35. The third-order valence-electron chi connectivity index (χ3n) is 2.95. The van der Waals surface area contributed by atoms with Crippen LogP contribution in [0.5, 0.6) is 0 Å². The highest BCUT2D eigenvalue weighted by Gasteiger charge is 2.16. The number of aromatic nitrogens is 2. The van der Waals surface area contributed by atoms with Crippen molar-refractivity contribution in [1.29, 1.82) is 0 Å². The minimum Gasteiger partial charge on any atom is -0.356 e. The van der Waals surface area contributed by atoms with Gasteiger partial charge in [-0.25, -0.2) is 9.97 Å². The second-order valence-electron chi connectivity index (χ2n) is 4.69. The van der Waals surface area contributed by atoms with Gasteiger partial charge in [0.1, 0.15) is 16.8 Å². The van der Waals surface area contributed by atoms with E-state index >= 15 is 0 Å². The predicted octanol–water partition coefficient (Wildman–Crippen LogP) is 3.83. The Kier molecular flexibility index (Phi) is 6.22. The summed E-state index contributed by atoms with van der Waals surface area (Å²) in [6, 6.07) is 2.32. The number of nitrogens with zero attached hydrogens (tertiary/aromatic N) is 3. The first-order chi connectivity index (χ1) is 8.49. The Morgan fingerprint density at radius 3 is 2.56 bits per heavy atom. The van der Waals surface area contributed by atoms with E-state index in [2.05, 4.69) is 48.9 Å². The molecule has 0 amide bonds. The molecule has 0 radical (unpaired) electrons. The van der Waals surface area contributed by atoms with E-state index < -0.39 is 0 Å². The van der Waals surface area contributed by atoms with Crippen LogP contribution < -0.4 is 4.90 Å². The molecule has 1 rings (SSSR count). The molecule has 0 bridgehead atoms. The second kappa shape index (κ2) is 7.19. The molecule has 5 heteroatoms. The van der Waals surface area contributed by atoms with Crippen molar-refractivity contribution in [2.75, 3.05) is 24.0 Å². The summed E-state index contributed by atoms with van der Waals surface area (Å²) in [6.07, 6.45) is 3.22. The van der Waals surface area contributed by atoms with Gasteiger partial charge in [-0.05, 0) is 12.7 Å². The summed E-state index contributed by atoms with van der Waals surface area (Å²) in [4.78, 5) is 11.1. The Labute approximate surface area is 119 Å². The molecule has 1 aromatic heterocycles. The van der Waals surface area contributed by atoms with Crippen molar-refractivity contribution in [3.05, 3.63) is 17.0 Å². The quantitative estimate of drug-likeness (QED) is 0.744. The van der Waals surface area contributed by atoms with E-state index in [0.29, 0.717) is 11.2 Å². The maximum atomic E-state index is 6.08. The maximum Gasteiger partial charge on any atom is 0.135 e. The Bertz CT molecular complexity index is 384. The van der Waals surface area contributed by atoms with Gasteiger partial charge in [0.2, 0.25) is 0 Å². The van der Waals surface area contributed by atoms with Crippen LogP contribution in [-0.2, 0) is 0 Å². The van der Waals surface area contributed by atoms with Crippen molar-refractivity contribution in [1.82, 2.24) is 9.97 Å². The molecule has 1 aromatic rings. The third-order valence-corrected chi connectivity index (χ3v) is 3.87. The van der Waals surface area contributed by atoms with Crippen molar-refractivity contribution in [3.63, 3.8) is 0 Å². The first-order valence-electron chi connectivity index (χ1n) is 6.25. The lowest BCUT2D eigenvalue weighted by molar-refractivity contribution is 0.658. The van der Waals surface area contributed by atoms with E-state index in [9.17, 15) is 0 Å². The van der Waals surface area contributed by atoms with Crippen LogP contribution in [-0.4, -0.2) is 35.1 Å². The van der Waals surface area contributed by atoms with E-state index in [1.165, 1.54) is 0 Å². The molecule has 0 spiro atoms. The van der Waals surface area contributed by atoms with Crippen LogP contribution in [0.4, 0.5) is 5.82 Å². The Morgan fingerprint density at radius 1 is 1.39 bits per heavy atom. The monoisotopic (exact) mass is 287 g/mol. The van der Waals surface area contributed by atoms with E-state index in [4.69, 9.17) is 11.6 Å². The topological polar surface area (TPSA) is 29.0 Å². The lowest BCUT2D eigenvalue weighted by Crippen LogP contribution is -2.34. The smallest absolute Gasteiger partial charge is 0.135 e. The van der Waals surface area contributed by atoms with Crippen LogP contribution in [0.1, 0.15) is 38.9 Å². The van der Waals surface area contributed by atoms with E-state index in [1.807, 2.05) is 17.8 Å². The maximum absolute atomic E-state index is 6.08.